The van der Waals surface area contributed by atoms with Crippen LogP contribution in [-0.4, -0.2) is 17.3 Å². The van der Waals surface area contributed by atoms with Gasteiger partial charge in [0.25, 0.3) is 0 Å². The van der Waals surface area contributed by atoms with Gasteiger partial charge in [-0.3, -0.25) is 0 Å². The van der Waals surface area contributed by atoms with E-state index in [1.54, 1.807) is 24.3 Å². The molecule has 5 aromatic rings. The zero-order valence-electron chi connectivity index (χ0n) is 20.0. The molecule has 0 saturated carbocycles. The summed E-state index contributed by atoms with van der Waals surface area (Å²) in [5.74, 6) is 0.542. The van der Waals surface area contributed by atoms with Crippen LogP contribution in [0.2, 0.25) is 0 Å². The van der Waals surface area contributed by atoms with E-state index in [4.69, 9.17) is 0 Å². The number of phenolic OH excluding ortho intramolecular Hbond substituents is 2. The van der Waals surface area contributed by atoms with Crippen molar-refractivity contribution < 1.29 is 10.2 Å². The quantitative estimate of drug-likeness (QED) is 0.246. The number of anilines is 2. The Morgan fingerprint density at radius 1 is 0.500 bits per heavy atom. The molecule has 0 radical (unpaired) electrons. The van der Waals surface area contributed by atoms with Crippen LogP contribution in [0.5, 0.6) is 11.5 Å². The second-order valence-corrected chi connectivity index (χ2v) is 8.72. The molecule has 0 fully saturated rings. The van der Waals surface area contributed by atoms with Crippen LogP contribution in [0.25, 0.3) is 35.1 Å². The molecule has 3 nitrogen and oxygen atoms in total. The van der Waals surface area contributed by atoms with E-state index in [1.165, 1.54) is 10.8 Å². The minimum Gasteiger partial charge on any atom is -0.508 e. The highest BCUT2D eigenvalue weighted by Gasteiger charge is 2.10. The summed E-state index contributed by atoms with van der Waals surface area (Å²) in [4.78, 5) is 2.21. The first-order valence-electron chi connectivity index (χ1n) is 11.9. The Morgan fingerprint density at radius 2 is 0.972 bits per heavy atom. The van der Waals surface area contributed by atoms with Crippen LogP contribution < -0.4 is 4.90 Å². The molecule has 5 aromatic carbocycles. The van der Waals surface area contributed by atoms with Gasteiger partial charge in [0.15, 0.2) is 0 Å². The smallest absolute Gasteiger partial charge is 0.115 e. The summed E-state index contributed by atoms with van der Waals surface area (Å²) in [6.45, 7) is 0. The van der Waals surface area contributed by atoms with Crippen molar-refractivity contribution in [3.05, 3.63) is 131 Å². The first kappa shape index (κ1) is 23.0. The lowest BCUT2D eigenvalue weighted by atomic mass is 10.0. The molecule has 0 heterocycles. The lowest BCUT2D eigenvalue weighted by Gasteiger charge is -2.22. The zero-order chi connectivity index (χ0) is 24.9. The largest absolute Gasteiger partial charge is 0.508 e. The van der Waals surface area contributed by atoms with E-state index < -0.39 is 0 Å². The fourth-order valence-corrected chi connectivity index (χ4v) is 4.24. The Balaban J connectivity index is 1.39. The van der Waals surface area contributed by atoms with Crippen molar-refractivity contribution >= 4 is 46.5 Å². The Hall–Kier alpha value is -4.76. The maximum absolute atomic E-state index is 9.52. The number of nitrogens with zero attached hydrogens (tertiary/aromatic N) is 1. The van der Waals surface area contributed by atoms with Crippen molar-refractivity contribution in [3.8, 4) is 11.5 Å². The van der Waals surface area contributed by atoms with Crippen LogP contribution >= 0.6 is 0 Å². The summed E-state index contributed by atoms with van der Waals surface area (Å²) in [7, 11) is 2.09. The third-order valence-electron chi connectivity index (χ3n) is 6.29. The first-order chi connectivity index (χ1) is 17.6. The Morgan fingerprint density at radius 3 is 1.53 bits per heavy atom. The summed E-state index contributed by atoms with van der Waals surface area (Å²) in [5, 5.41) is 21.3. The lowest BCUT2D eigenvalue weighted by Crippen LogP contribution is -2.10. The fraction of sp³-hybridized carbons (Fsp3) is 0.0303. The third kappa shape index (κ3) is 5.16. The molecule has 0 bridgehead atoms. The van der Waals surface area contributed by atoms with Crippen LogP contribution in [0.15, 0.2) is 109 Å². The number of fused-ring (bicyclic) bond motifs is 1. The maximum Gasteiger partial charge on any atom is 0.115 e. The number of rotatable bonds is 6. The molecule has 0 amide bonds. The number of phenols is 2. The minimum absolute atomic E-state index is 0.270. The van der Waals surface area contributed by atoms with E-state index in [2.05, 4.69) is 90.8 Å². The maximum atomic E-state index is 9.52. The Bertz CT molecular complexity index is 1530. The van der Waals surface area contributed by atoms with E-state index in [1.807, 2.05) is 30.3 Å². The van der Waals surface area contributed by atoms with Gasteiger partial charge in [0.2, 0.25) is 0 Å². The predicted molar refractivity (Wildman–Crippen MR) is 153 cm³/mol. The molecule has 0 aliphatic heterocycles. The predicted octanol–water partition coefficient (Wildman–Crippen LogP) is 8.36. The molecule has 5 rings (SSSR count). The second-order valence-electron chi connectivity index (χ2n) is 8.72. The first-order valence-corrected chi connectivity index (χ1v) is 11.9. The van der Waals surface area contributed by atoms with Gasteiger partial charge in [-0.05, 0) is 70.1 Å². The molecule has 0 spiro atoms. The van der Waals surface area contributed by atoms with Gasteiger partial charge in [-0.25, -0.2) is 0 Å². The van der Waals surface area contributed by atoms with Gasteiger partial charge in [-0.2, -0.15) is 0 Å². The molecular formula is C33H27NO2. The molecule has 0 saturated heterocycles. The molecule has 0 aromatic heterocycles. The lowest BCUT2D eigenvalue weighted by molar-refractivity contribution is 0.474. The van der Waals surface area contributed by atoms with Gasteiger partial charge in [-0.1, -0.05) is 91.0 Å². The Labute approximate surface area is 211 Å². The van der Waals surface area contributed by atoms with E-state index in [-0.39, 0.29) is 11.5 Å². The molecule has 176 valence electrons. The van der Waals surface area contributed by atoms with Crippen molar-refractivity contribution in [1.82, 2.24) is 0 Å². The summed E-state index contributed by atoms with van der Waals surface area (Å²) in [6, 6.07) is 35.6. The zero-order valence-corrected chi connectivity index (χ0v) is 20.0. The third-order valence-corrected chi connectivity index (χ3v) is 6.29. The summed E-state index contributed by atoms with van der Waals surface area (Å²) in [5.41, 5.74) is 6.58. The number of hydrogen-bond donors (Lipinski definition) is 2. The van der Waals surface area contributed by atoms with Gasteiger partial charge in [0.1, 0.15) is 11.5 Å². The van der Waals surface area contributed by atoms with E-state index >= 15 is 0 Å². The number of hydrogen-bond acceptors (Lipinski definition) is 3. The molecule has 0 unspecified atom stereocenters. The van der Waals surface area contributed by atoms with Gasteiger partial charge in [0, 0.05) is 23.8 Å². The van der Waals surface area contributed by atoms with Crippen LogP contribution in [0.4, 0.5) is 11.4 Å². The number of aromatic hydroxyl groups is 2. The molecule has 36 heavy (non-hydrogen) atoms. The highest BCUT2D eigenvalue weighted by molar-refractivity contribution is 6.01. The van der Waals surface area contributed by atoms with Crippen LogP contribution in [0.1, 0.15) is 22.3 Å². The molecule has 3 heteroatoms. The fourth-order valence-electron chi connectivity index (χ4n) is 4.24. The van der Waals surface area contributed by atoms with Crippen LogP contribution in [0, 0.1) is 0 Å². The topological polar surface area (TPSA) is 43.7 Å². The average molecular weight is 470 g/mol. The van der Waals surface area contributed by atoms with Crippen LogP contribution in [-0.2, 0) is 0 Å². The van der Waals surface area contributed by atoms with Crippen molar-refractivity contribution in [3.63, 3.8) is 0 Å². The average Bonchev–Trinajstić information content (AvgIpc) is 2.92. The Kier molecular flexibility index (Phi) is 6.55. The minimum atomic E-state index is 0.270. The normalized spacial score (nSPS) is 11.5. The summed E-state index contributed by atoms with van der Waals surface area (Å²) < 4.78 is 0. The van der Waals surface area contributed by atoms with Gasteiger partial charge in [-0.15, -0.1) is 0 Å². The van der Waals surface area contributed by atoms with Crippen molar-refractivity contribution in [1.29, 1.82) is 0 Å². The standard InChI is InChI=1S/C33H27NO2/c1-34(28-17-9-24(10-18-28)6-7-25-11-19-29(35)20-12-25)33-23-16-27(31-4-2-3-5-32(31)33)15-8-26-13-21-30(36)22-14-26/h2-23,35-36H,1H3. The summed E-state index contributed by atoms with van der Waals surface area (Å²) >= 11 is 0. The van der Waals surface area contributed by atoms with Crippen molar-refractivity contribution in [2.75, 3.05) is 11.9 Å². The summed E-state index contributed by atoms with van der Waals surface area (Å²) in [6.07, 6.45) is 8.29. The van der Waals surface area contributed by atoms with E-state index in [9.17, 15) is 10.2 Å². The second kappa shape index (κ2) is 10.2. The highest BCUT2D eigenvalue weighted by atomic mass is 16.3. The molecule has 2 N–H and O–H groups in total. The number of benzene rings is 5. The molecular weight excluding hydrogens is 442 g/mol. The monoisotopic (exact) mass is 469 g/mol. The van der Waals surface area contributed by atoms with Crippen LogP contribution in [0.3, 0.4) is 0 Å². The molecule has 0 atom stereocenters. The SMILES string of the molecule is CN(c1ccc(C=Cc2ccc(O)cc2)cc1)c1ccc(C=Cc2ccc(O)cc2)c2ccccc12. The van der Waals surface area contributed by atoms with Gasteiger partial charge in [0.05, 0.1) is 0 Å². The molecule has 0 aliphatic carbocycles. The van der Waals surface area contributed by atoms with Crippen molar-refractivity contribution in [2.24, 2.45) is 0 Å². The highest BCUT2D eigenvalue weighted by Crippen LogP contribution is 2.34. The van der Waals surface area contributed by atoms with E-state index in [0.717, 1.165) is 33.6 Å². The van der Waals surface area contributed by atoms with E-state index in [0.29, 0.717) is 0 Å². The van der Waals surface area contributed by atoms with Gasteiger partial charge < -0.3 is 15.1 Å². The van der Waals surface area contributed by atoms with Gasteiger partial charge >= 0.3 is 0 Å². The van der Waals surface area contributed by atoms with Crippen molar-refractivity contribution in [2.45, 2.75) is 0 Å². The molecule has 0 aliphatic rings.